The number of fused-ring (bicyclic) bond motifs is 2. The van der Waals surface area contributed by atoms with Gasteiger partial charge in [-0.3, -0.25) is 0 Å². The molecule has 154 valence electrons. The Morgan fingerprint density at radius 1 is 1.14 bits per heavy atom. The van der Waals surface area contributed by atoms with Gasteiger partial charge in [0.25, 0.3) is 8.32 Å². The molecule has 0 aromatic heterocycles. The second-order valence-electron chi connectivity index (χ2n) is 9.90. The van der Waals surface area contributed by atoms with Crippen LogP contribution in [0.3, 0.4) is 0 Å². The maximum atomic E-state index is 10.3. The van der Waals surface area contributed by atoms with Gasteiger partial charge < -0.3 is 9.16 Å². The number of benzene rings is 1. The lowest BCUT2D eigenvalue weighted by Crippen LogP contribution is -2.51. The van der Waals surface area contributed by atoms with Crippen molar-refractivity contribution < 1.29 is 9.16 Å². The summed E-state index contributed by atoms with van der Waals surface area (Å²) < 4.78 is 12.9. The van der Waals surface area contributed by atoms with Gasteiger partial charge in [-0.25, -0.2) is 0 Å². The van der Waals surface area contributed by atoms with Crippen LogP contribution in [-0.4, -0.2) is 14.4 Å². The summed E-state index contributed by atoms with van der Waals surface area (Å²) in [5, 5.41) is 10.3. The molecule has 3 atom stereocenters. The van der Waals surface area contributed by atoms with Gasteiger partial charge >= 0.3 is 0 Å². The first kappa shape index (κ1) is 20.3. The number of nitriles is 1. The van der Waals surface area contributed by atoms with E-state index >= 15 is 0 Å². The molecule has 4 rings (SSSR count). The molecule has 3 aliphatic rings. The number of hydrogen-bond donors (Lipinski definition) is 0. The van der Waals surface area contributed by atoms with E-state index in [-0.39, 0.29) is 12.0 Å². The first-order valence-corrected chi connectivity index (χ1v) is 13.2. The maximum absolute atomic E-state index is 10.3. The quantitative estimate of drug-likeness (QED) is 0.529. The summed E-state index contributed by atoms with van der Waals surface area (Å²) in [4.78, 5) is 0. The first-order valence-electron chi connectivity index (χ1n) is 11.0. The number of ether oxygens (including phenoxy) is 1. The highest BCUT2D eigenvalue weighted by atomic mass is 28.4. The molecule has 3 nitrogen and oxygen atoms in total. The van der Waals surface area contributed by atoms with E-state index in [9.17, 15) is 5.26 Å². The van der Waals surface area contributed by atoms with Gasteiger partial charge in [-0.1, -0.05) is 59.8 Å². The molecule has 1 heterocycles. The molecule has 0 spiro atoms. The van der Waals surface area contributed by atoms with Crippen LogP contribution >= 0.6 is 0 Å². The summed E-state index contributed by atoms with van der Waals surface area (Å²) in [5.41, 5.74) is 4.62. The van der Waals surface area contributed by atoms with Gasteiger partial charge in [0.2, 0.25) is 0 Å². The Balaban J connectivity index is 1.76. The largest absolute Gasteiger partial charge is 0.543 e. The Morgan fingerprint density at radius 2 is 1.83 bits per heavy atom. The molecular weight excluding hydrogens is 374 g/mol. The zero-order chi connectivity index (χ0) is 21.0. The highest BCUT2D eigenvalue weighted by Gasteiger charge is 2.54. The predicted octanol–water partition coefficient (Wildman–Crippen LogP) is 6.42. The Hall–Kier alpha value is -1.99. The highest BCUT2D eigenvalue weighted by Crippen LogP contribution is 2.53. The van der Waals surface area contributed by atoms with Crippen LogP contribution in [0.2, 0.25) is 16.6 Å². The summed E-state index contributed by atoms with van der Waals surface area (Å²) >= 11 is 0. The SMILES string of the molecule is CC(C)[Si](Oc1ccc2c(c1)C[C@H]1OC=C3C=CC[C@]2(C#N)[C@H]31)(C(C)C)C(C)C. The van der Waals surface area contributed by atoms with Crippen LogP contribution in [0.25, 0.3) is 0 Å². The molecule has 0 saturated carbocycles. The van der Waals surface area contributed by atoms with Gasteiger partial charge in [0.15, 0.2) is 0 Å². The summed E-state index contributed by atoms with van der Waals surface area (Å²) in [7, 11) is -2.01. The Kier molecular flexibility index (Phi) is 4.94. The monoisotopic (exact) mass is 407 g/mol. The van der Waals surface area contributed by atoms with Crippen LogP contribution in [0.15, 0.2) is 42.2 Å². The fourth-order valence-corrected chi connectivity index (χ4v) is 11.7. The van der Waals surface area contributed by atoms with Crippen LogP contribution in [0.1, 0.15) is 59.1 Å². The number of hydrogen-bond acceptors (Lipinski definition) is 3. The van der Waals surface area contributed by atoms with E-state index in [2.05, 4.69) is 78.0 Å². The second kappa shape index (κ2) is 7.06. The normalized spacial score (nSPS) is 27.4. The van der Waals surface area contributed by atoms with Gasteiger partial charge in [0.05, 0.1) is 17.7 Å². The van der Waals surface area contributed by atoms with E-state index in [0.717, 1.165) is 18.6 Å². The van der Waals surface area contributed by atoms with Crippen molar-refractivity contribution in [2.24, 2.45) is 5.92 Å². The minimum absolute atomic E-state index is 0.0552. The lowest BCUT2D eigenvalue weighted by Gasteiger charge is -2.44. The minimum atomic E-state index is -2.01. The van der Waals surface area contributed by atoms with Gasteiger partial charge in [-0.15, -0.1) is 0 Å². The van der Waals surface area contributed by atoms with Gasteiger partial charge in [-0.05, 0) is 51.9 Å². The standard InChI is InChI=1S/C25H33NO2Si/c1-16(2)29(17(3)4,18(5)6)28-21-9-10-22-20(12-21)13-23-24-19(14-27-23)8-7-11-25(22,24)15-26/h7-10,12,14,16-18,23-24H,11,13H2,1-6H3/t23-,24-,25-/m1/s1. The van der Waals surface area contributed by atoms with Crippen molar-refractivity contribution in [1.82, 2.24) is 0 Å². The molecule has 0 radical (unpaired) electrons. The van der Waals surface area contributed by atoms with Crippen molar-refractivity contribution in [3.05, 3.63) is 53.3 Å². The Labute approximate surface area is 176 Å². The molecule has 1 aromatic carbocycles. The zero-order valence-electron chi connectivity index (χ0n) is 18.5. The summed E-state index contributed by atoms with van der Waals surface area (Å²) in [6.45, 7) is 13.9. The summed E-state index contributed by atoms with van der Waals surface area (Å²) in [6.07, 6.45) is 7.78. The lowest BCUT2D eigenvalue weighted by molar-refractivity contribution is 0.0967. The lowest BCUT2D eigenvalue weighted by atomic mass is 9.58. The third kappa shape index (κ3) is 2.81. The van der Waals surface area contributed by atoms with Crippen molar-refractivity contribution in [3.63, 3.8) is 0 Å². The Bertz CT molecular complexity index is 886. The van der Waals surface area contributed by atoms with Crippen LogP contribution in [0.5, 0.6) is 5.75 Å². The van der Waals surface area contributed by atoms with E-state index in [1.54, 1.807) is 0 Å². The average molecular weight is 408 g/mol. The smallest absolute Gasteiger partial charge is 0.258 e. The van der Waals surface area contributed by atoms with Crippen LogP contribution in [0, 0.1) is 17.2 Å². The third-order valence-electron chi connectivity index (χ3n) is 7.57. The number of allylic oxidation sites excluding steroid dienone is 2. The number of nitrogens with zero attached hydrogens (tertiary/aromatic N) is 1. The molecule has 0 saturated heterocycles. The molecule has 4 heteroatoms. The van der Waals surface area contributed by atoms with Crippen LogP contribution < -0.4 is 4.43 Å². The van der Waals surface area contributed by atoms with Crippen LogP contribution in [0.4, 0.5) is 0 Å². The van der Waals surface area contributed by atoms with E-state index in [1.807, 2.05) is 6.26 Å². The Morgan fingerprint density at radius 3 is 2.45 bits per heavy atom. The van der Waals surface area contributed by atoms with Gasteiger partial charge in [0.1, 0.15) is 11.9 Å². The summed E-state index contributed by atoms with van der Waals surface area (Å²) in [5.74, 6) is 1.11. The average Bonchev–Trinajstić information content (AvgIpc) is 3.09. The van der Waals surface area contributed by atoms with Crippen molar-refractivity contribution in [2.45, 2.75) is 82.5 Å². The molecule has 29 heavy (non-hydrogen) atoms. The molecule has 0 N–H and O–H groups in total. The molecule has 0 unspecified atom stereocenters. The fourth-order valence-electron chi connectivity index (χ4n) is 6.42. The van der Waals surface area contributed by atoms with E-state index in [0.29, 0.717) is 16.6 Å². The zero-order valence-corrected chi connectivity index (χ0v) is 19.5. The van der Waals surface area contributed by atoms with E-state index in [1.165, 1.54) is 16.7 Å². The molecular formula is C25H33NO2Si. The summed E-state index contributed by atoms with van der Waals surface area (Å²) in [6, 6.07) is 9.18. The molecule has 0 bridgehead atoms. The molecule has 1 aliphatic heterocycles. The van der Waals surface area contributed by atoms with E-state index < -0.39 is 13.7 Å². The minimum Gasteiger partial charge on any atom is -0.543 e. The van der Waals surface area contributed by atoms with Gasteiger partial charge in [0, 0.05) is 12.3 Å². The first-order chi connectivity index (χ1) is 13.8. The van der Waals surface area contributed by atoms with E-state index in [4.69, 9.17) is 9.16 Å². The van der Waals surface area contributed by atoms with Crippen molar-refractivity contribution in [3.8, 4) is 11.8 Å². The van der Waals surface area contributed by atoms with Crippen molar-refractivity contribution >= 4 is 8.32 Å². The van der Waals surface area contributed by atoms with Gasteiger partial charge in [-0.2, -0.15) is 5.26 Å². The van der Waals surface area contributed by atoms with Crippen LogP contribution in [-0.2, 0) is 16.6 Å². The molecule has 2 aliphatic carbocycles. The predicted molar refractivity (Wildman–Crippen MR) is 119 cm³/mol. The molecule has 1 aromatic rings. The molecule has 0 amide bonds. The maximum Gasteiger partial charge on any atom is 0.258 e. The topological polar surface area (TPSA) is 42.2 Å². The fraction of sp³-hybridized carbons (Fsp3) is 0.560. The second-order valence-corrected chi connectivity index (χ2v) is 15.3. The third-order valence-corrected chi connectivity index (χ3v) is 13.6. The molecule has 0 fully saturated rings. The van der Waals surface area contributed by atoms with Crippen molar-refractivity contribution in [2.75, 3.05) is 0 Å². The van der Waals surface area contributed by atoms with Crippen molar-refractivity contribution in [1.29, 1.82) is 5.26 Å². The number of rotatable bonds is 5. The highest BCUT2D eigenvalue weighted by molar-refractivity contribution is 6.78.